The van der Waals surface area contributed by atoms with Gasteiger partial charge in [0, 0.05) is 6.04 Å². The monoisotopic (exact) mass is 266 g/mol. The Labute approximate surface area is 118 Å². The molecule has 0 bridgehead atoms. The van der Waals surface area contributed by atoms with Crippen LogP contribution in [0.1, 0.15) is 65.7 Å². The van der Waals surface area contributed by atoms with E-state index in [-0.39, 0.29) is 11.9 Å². The first-order valence-corrected chi connectivity index (χ1v) is 7.89. The first-order chi connectivity index (χ1) is 9.17. The van der Waals surface area contributed by atoms with Crippen LogP contribution in [0.4, 0.5) is 0 Å². The molecule has 0 heterocycles. The molecule has 1 atom stereocenters. The van der Waals surface area contributed by atoms with Crippen molar-refractivity contribution in [2.75, 3.05) is 6.54 Å². The summed E-state index contributed by atoms with van der Waals surface area (Å²) in [4.78, 5) is 12.0. The molecule has 2 N–H and O–H groups in total. The Hall–Kier alpha value is -0.830. The molecule has 0 radical (unpaired) electrons. The zero-order chi connectivity index (χ0) is 14.1. The molecule has 0 aromatic heterocycles. The van der Waals surface area contributed by atoms with Gasteiger partial charge in [-0.2, -0.15) is 0 Å². The highest BCUT2D eigenvalue weighted by molar-refractivity contribution is 5.81. The normalized spacial score (nSPS) is 17.2. The SMILES string of the molecule is CCC(CC)NC(=O)C(C)NCCC1=CCCCC1. The molecule has 3 nitrogen and oxygen atoms in total. The quantitative estimate of drug-likeness (QED) is 0.663. The highest BCUT2D eigenvalue weighted by Crippen LogP contribution is 2.19. The zero-order valence-electron chi connectivity index (χ0n) is 12.8. The van der Waals surface area contributed by atoms with Crippen LogP contribution in [-0.4, -0.2) is 24.5 Å². The first kappa shape index (κ1) is 16.2. The van der Waals surface area contributed by atoms with Crippen molar-refractivity contribution in [3.8, 4) is 0 Å². The second kappa shape index (κ2) is 9.13. The van der Waals surface area contributed by atoms with Crippen LogP contribution in [0, 0.1) is 0 Å². The number of amides is 1. The van der Waals surface area contributed by atoms with E-state index in [0.29, 0.717) is 6.04 Å². The molecule has 0 aromatic rings. The lowest BCUT2D eigenvalue weighted by Gasteiger charge is -2.20. The minimum absolute atomic E-state index is 0.0928. The summed E-state index contributed by atoms with van der Waals surface area (Å²) < 4.78 is 0. The van der Waals surface area contributed by atoms with Gasteiger partial charge in [0.2, 0.25) is 5.91 Å². The topological polar surface area (TPSA) is 41.1 Å². The Kier molecular flexibility index (Phi) is 7.80. The molecule has 1 rings (SSSR count). The maximum Gasteiger partial charge on any atom is 0.237 e. The lowest BCUT2D eigenvalue weighted by atomic mass is 9.97. The molecular formula is C16H30N2O. The Morgan fingerprint density at radius 3 is 2.63 bits per heavy atom. The van der Waals surface area contributed by atoms with Crippen LogP contribution in [0.15, 0.2) is 11.6 Å². The zero-order valence-corrected chi connectivity index (χ0v) is 12.8. The van der Waals surface area contributed by atoms with Gasteiger partial charge >= 0.3 is 0 Å². The van der Waals surface area contributed by atoms with E-state index >= 15 is 0 Å². The van der Waals surface area contributed by atoms with Crippen LogP contribution >= 0.6 is 0 Å². The van der Waals surface area contributed by atoms with Gasteiger partial charge < -0.3 is 10.6 Å². The van der Waals surface area contributed by atoms with Crippen LogP contribution in [0.5, 0.6) is 0 Å². The third-order valence-corrected chi connectivity index (χ3v) is 4.01. The molecule has 1 aliphatic rings. The summed E-state index contributed by atoms with van der Waals surface area (Å²) in [6, 6.07) is 0.225. The lowest BCUT2D eigenvalue weighted by Crippen LogP contribution is -2.46. The van der Waals surface area contributed by atoms with Crippen LogP contribution in [0.2, 0.25) is 0 Å². The summed E-state index contributed by atoms with van der Waals surface area (Å²) in [6.45, 7) is 7.08. The van der Waals surface area contributed by atoms with E-state index in [2.05, 4.69) is 30.6 Å². The number of carbonyl (C=O) groups excluding carboxylic acids is 1. The fourth-order valence-electron chi connectivity index (χ4n) is 2.49. The molecule has 1 unspecified atom stereocenters. The Bertz CT molecular complexity index is 295. The molecule has 19 heavy (non-hydrogen) atoms. The predicted molar refractivity (Wildman–Crippen MR) is 81.1 cm³/mol. The molecule has 0 saturated carbocycles. The van der Waals surface area contributed by atoms with Crippen molar-refractivity contribution in [3.63, 3.8) is 0 Å². The van der Waals surface area contributed by atoms with Gasteiger partial charge in [-0.1, -0.05) is 25.5 Å². The minimum Gasteiger partial charge on any atom is -0.352 e. The maximum atomic E-state index is 12.0. The summed E-state index contributed by atoms with van der Waals surface area (Å²) in [6.07, 6.45) is 10.6. The summed E-state index contributed by atoms with van der Waals surface area (Å²) in [7, 11) is 0. The van der Waals surface area contributed by atoms with Gasteiger partial charge in [0.1, 0.15) is 0 Å². The van der Waals surface area contributed by atoms with Gasteiger partial charge in [0.15, 0.2) is 0 Å². The number of hydrogen-bond donors (Lipinski definition) is 2. The largest absolute Gasteiger partial charge is 0.352 e. The van der Waals surface area contributed by atoms with Gasteiger partial charge in [0.25, 0.3) is 0 Å². The number of hydrogen-bond acceptors (Lipinski definition) is 2. The van der Waals surface area contributed by atoms with E-state index in [1.807, 2.05) is 6.92 Å². The fourth-order valence-corrected chi connectivity index (χ4v) is 2.49. The number of nitrogens with one attached hydrogen (secondary N) is 2. The fraction of sp³-hybridized carbons (Fsp3) is 0.812. The summed E-state index contributed by atoms with van der Waals surface area (Å²) >= 11 is 0. The van der Waals surface area contributed by atoms with E-state index in [1.54, 1.807) is 5.57 Å². The molecule has 110 valence electrons. The molecule has 0 fully saturated rings. The van der Waals surface area contributed by atoms with Crippen LogP contribution < -0.4 is 10.6 Å². The van der Waals surface area contributed by atoms with E-state index in [0.717, 1.165) is 25.8 Å². The van der Waals surface area contributed by atoms with Crippen molar-refractivity contribution in [3.05, 3.63) is 11.6 Å². The van der Waals surface area contributed by atoms with E-state index in [9.17, 15) is 4.79 Å². The summed E-state index contributed by atoms with van der Waals surface area (Å²) in [5.74, 6) is 0.131. The smallest absolute Gasteiger partial charge is 0.237 e. The second-order valence-electron chi connectivity index (χ2n) is 5.56. The van der Waals surface area contributed by atoms with Gasteiger partial charge in [0.05, 0.1) is 6.04 Å². The van der Waals surface area contributed by atoms with Crippen molar-refractivity contribution < 1.29 is 4.79 Å². The molecule has 0 spiro atoms. The van der Waals surface area contributed by atoms with Crippen molar-refractivity contribution in [1.29, 1.82) is 0 Å². The molecule has 1 aliphatic carbocycles. The third-order valence-electron chi connectivity index (χ3n) is 4.01. The van der Waals surface area contributed by atoms with Crippen molar-refractivity contribution >= 4 is 5.91 Å². The number of rotatable bonds is 8. The summed E-state index contributed by atoms with van der Waals surface area (Å²) in [5.41, 5.74) is 1.56. The molecular weight excluding hydrogens is 236 g/mol. The van der Waals surface area contributed by atoms with E-state index in [4.69, 9.17) is 0 Å². The highest BCUT2D eigenvalue weighted by atomic mass is 16.2. The van der Waals surface area contributed by atoms with Gasteiger partial charge in [-0.05, 0) is 58.4 Å². The molecule has 3 heteroatoms. The van der Waals surface area contributed by atoms with Crippen molar-refractivity contribution in [1.82, 2.24) is 10.6 Å². The average molecular weight is 266 g/mol. The third kappa shape index (κ3) is 6.24. The Morgan fingerprint density at radius 1 is 1.32 bits per heavy atom. The second-order valence-corrected chi connectivity index (χ2v) is 5.56. The predicted octanol–water partition coefficient (Wildman–Crippen LogP) is 3.16. The van der Waals surface area contributed by atoms with E-state index < -0.39 is 0 Å². The van der Waals surface area contributed by atoms with Gasteiger partial charge in [-0.3, -0.25) is 4.79 Å². The van der Waals surface area contributed by atoms with Crippen LogP contribution in [-0.2, 0) is 4.79 Å². The lowest BCUT2D eigenvalue weighted by molar-refractivity contribution is -0.123. The Balaban J connectivity index is 2.20. The van der Waals surface area contributed by atoms with Crippen LogP contribution in [0.3, 0.4) is 0 Å². The summed E-state index contributed by atoms with van der Waals surface area (Å²) in [5, 5.41) is 6.42. The first-order valence-electron chi connectivity index (χ1n) is 7.89. The minimum atomic E-state index is -0.0928. The highest BCUT2D eigenvalue weighted by Gasteiger charge is 2.15. The van der Waals surface area contributed by atoms with Gasteiger partial charge in [-0.25, -0.2) is 0 Å². The van der Waals surface area contributed by atoms with Crippen LogP contribution in [0.25, 0.3) is 0 Å². The molecule has 0 aromatic carbocycles. The van der Waals surface area contributed by atoms with Crippen molar-refractivity contribution in [2.45, 2.75) is 77.8 Å². The molecule has 0 aliphatic heterocycles. The Morgan fingerprint density at radius 2 is 2.05 bits per heavy atom. The van der Waals surface area contributed by atoms with Gasteiger partial charge in [-0.15, -0.1) is 0 Å². The standard InChI is InChI=1S/C16H30N2O/c1-4-15(5-2)18-16(19)13(3)17-12-11-14-9-7-6-8-10-14/h9,13,15,17H,4-8,10-12H2,1-3H3,(H,18,19). The van der Waals surface area contributed by atoms with Crippen molar-refractivity contribution in [2.24, 2.45) is 0 Å². The maximum absolute atomic E-state index is 12.0. The number of allylic oxidation sites excluding steroid dienone is 1. The average Bonchev–Trinajstić information content (AvgIpc) is 2.45. The van der Waals surface area contributed by atoms with E-state index in [1.165, 1.54) is 25.7 Å². The number of carbonyl (C=O) groups is 1. The molecule has 1 amide bonds. The molecule has 0 saturated heterocycles.